The molecular weight excluding hydrogens is 367 g/mol. The van der Waals surface area contributed by atoms with E-state index < -0.39 is 0 Å². The molecule has 2 N–H and O–H groups in total. The number of thioether (sulfide) groups is 1. The standard InChI is InChI=1S/C9H7NO2S.C8H5NO2.K.H/c1-13-6-4-2-3-5-7(6)9(12)10-8(5)11;10-7-5-3-1-2-4-6(5)8(11)9-7;;/h2-4H,1H3,(H,10,11,12);1-4H,(H,9,10,11);;. The minimum absolute atomic E-state index is 0. The van der Waals surface area contributed by atoms with E-state index in [9.17, 15) is 19.2 Å². The third kappa shape index (κ3) is 3.94. The van der Waals surface area contributed by atoms with Crippen LogP contribution in [0.3, 0.4) is 0 Å². The van der Waals surface area contributed by atoms with Gasteiger partial charge in [-0.3, -0.25) is 29.8 Å². The van der Waals surface area contributed by atoms with Crippen LogP contribution in [0.1, 0.15) is 41.4 Å². The van der Waals surface area contributed by atoms with Crippen molar-refractivity contribution in [2.45, 2.75) is 4.90 Å². The second kappa shape index (κ2) is 8.39. The summed E-state index contributed by atoms with van der Waals surface area (Å²) < 4.78 is 0. The van der Waals surface area contributed by atoms with Crippen LogP contribution >= 0.6 is 11.8 Å². The van der Waals surface area contributed by atoms with Crippen LogP contribution in [0.4, 0.5) is 0 Å². The molecule has 4 rings (SSSR count). The molecule has 0 unspecified atom stereocenters. The molecule has 0 saturated carbocycles. The SMILES string of the molecule is CSc1cccc2c1C(=O)NC2=O.O=C1NC(=O)c2ccccc21.[KH]. The number of carbonyl (C=O) groups is 4. The Morgan fingerprint density at radius 2 is 1.16 bits per heavy atom. The molecule has 6 nitrogen and oxygen atoms in total. The summed E-state index contributed by atoms with van der Waals surface area (Å²) >= 11 is 1.47. The second-order valence-electron chi connectivity index (χ2n) is 4.99. The average Bonchev–Trinajstić information content (AvgIpc) is 3.05. The number of amides is 4. The van der Waals surface area contributed by atoms with Gasteiger partial charge in [0.1, 0.15) is 0 Å². The molecule has 122 valence electrons. The Hall–Kier alpha value is -1.29. The van der Waals surface area contributed by atoms with Crippen molar-refractivity contribution in [3.63, 3.8) is 0 Å². The first-order valence-electron chi connectivity index (χ1n) is 7.00. The molecule has 2 aromatic carbocycles. The van der Waals surface area contributed by atoms with Crippen molar-refractivity contribution in [3.8, 4) is 0 Å². The zero-order valence-electron chi connectivity index (χ0n) is 12.6. The molecule has 0 aliphatic carbocycles. The van der Waals surface area contributed by atoms with Crippen LogP contribution in [0.5, 0.6) is 0 Å². The molecule has 25 heavy (non-hydrogen) atoms. The molecule has 4 amide bonds. The Morgan fingerprint density at radius 3 is 1.72 bits per heavy atom. The van der Waals surface area contributed by atoms with Crippen LogP contribution in [0.25, 0.3) is 0 Å². The van der Waals surface area contributed by atoms with Gasteiger partial charge in [0.05, 0.1) is 22.3 Å². The molecule has 0 fully saturated rings. The summed E-state index contributed by atoms with van der Waals surface area (Å²) in [6.45, 7) is 0. The topological polar surface area (TPSA) is 92.3 Å². The van der Waals surface area contributed by atoms with Crippen LogP contribution in [0.15, 0.2) is 47.4 Å². The van der Waals surface area contributed by atoms with Crippen molar-refractivity contribution in [3.05, 3.63) is 64.7 Å². The fraction of sp³-hybridized carbons (Fsp3) is 0.0588. The van der Waals surface area contributed by atoms with Gasteiger partial charge in [0, 0.05) is 4.90 Å². The van der Waals surface area contributed by atoms with Gasteiger partial charge in [0.15, 0.2) is 0 Å². The first-order valence-corrected chi connectivity index (χ1v) is 8.22. The van der Waals surface area contributed by atoms with E-state index in [1.807, 2.05) is 12.3 Å². The third-order valence-electron chi connectivity index (χ3n) is 3.59. The zero-order chi connectivity index (χ0) is 17.3. The van der Waals surface area contributed by atoms with Crippen molar-refractivity contribution >= 4 is 86.8 Å². The first kappa shape index (κ1) is 20.0. The van der Waals surface area contributed by atoms with Gasteiger partial charge in [0.2, 0.25) is 0 Å². The molecule has 0 spiro atoms. The number of benzene rings is 2. The van der Waals surface area contributed by atoms with E-state index >= 15 is 0 Å². The molecule has 2 aromatic rings. The van der Waals surface area contributed by atoms with Crippen LogP contribution in [-0.4, -0.2) is 81.3 Å². The van der Waals surface area contributed by atoms with Crippen LogP contribution in [0, 0.1) is 0 Å². The van der Waals surface area contributed by atoms with Gasteiger partial charge < -0.3 is 0 Å². The van der Waals surface area contributed by atoms with E-state index in [-0.39, 0.29) is 75.0 Å². The molecule has 2 aliphatic rings. The number of imide groups is 2. The monoisotopic (exact) mass is 380 g/mol. The third-order valence-corrected chi connectivity index (χ3v) is 4.37. The Kier molecular flexibility index (Phi) is 6.72. The van der Waals surface area contributed by atoms with Gasteiger partial charge in [0.25, 0.3) is 23.6 Å². The maximum absolute atomic E-state index is 11.3. The molecule has 2 heterocycles. The second-order valence-corrected chi connectivity index (χ2v) is 5.84. The van der Waals surface area contributed by atoms with Gasteiger partial charge in [-0.15, -0.1) is 11.8 Å². The van der Waals surface area contributed by atoms with E-state index in [0.717, 1.165) is 4.90 Å². The summed E-state index contributed by atoms with van der Waals surface area (Å²) in [7, 11) is 0. The Morgan fingerprint density at radius 1 is 0.680 bits per heavy atom. The normalized spacial score (nSPS) is 13.8. The molecule has 0 atom stereocenters. The van der Waals surface area contributed by atoms with Gasteiger partial charge >= 0.3 is 51.4 Å². The zero-order valence-corrected chi connectivity index (χ0v) is 13.4. The van der Waals surface area contributed by atoms with Crippen molar-refractivity contribution in [2.24, 2.45) is 0 Å². The predicted molar refractivity (Wildman–Crippen MR) is 95.4 cm³/mol. The van der Waals surface area contributed by atoms with E-state index in [1.165, 1.54) is 11.8 Å². The summed E-state index contributed by atoms with van der Waals surface area (Å²) in [6, 6.07) is 12.0. The Bertz CT molecular complexity index is 865. The fourth-order valence-electron chi connectivity index (χ4n) is 2.47. The van der Waals surface area contributed by atoms with Crippen molar-refractivity contribution in [2.75, 3.05) is 6.26 Å². The van der Waals surface area contributed by atoms with Crippen LogP contribution < -0.4 is 10.6 Å². The number of carbonyl (C=O) groups excluding carboxylic acids is 4. The van der Waals surface area contributed by atoms with Gasteiger partial charge in [-0.2, -0.15) is 0 Å². The quantitative estimate of drug-likeness (QED) is 0.441. The van der Waals surface area contributed by atoms with Crippen molar-refractivity contribution < 1.29 is 19.2 Å². The average molecular weight is 380 g/mol. The summed E-state index contributed by atoms with van der Waals surface area (Å²) in [5.41, 5.74) is 1.94. The van der Waals surface area contributed by atoms with Crippen molar-refractivity contribution in [1.29, 1.82) is 0 Å². The Balaban J connectivity index is 0.000000175. The number of hydrogen-bond acceptors (Lipinski definition) is 5. The molecule has 2 aliphatic heterocycles. The number of fused-ring (bicyclic) bond motifs is 2. The van der Waals surface area contributed by atoms with Gasteiger partial charge in [-0.1, -0.05) is 18.2 Å². The van der Waals surface area contributed by atoms with Crippen LogP contribution in [-0.2, 0) is 0 Å². The first-order chi connectivity index (χ1) is 11.5. The molecule has 8 heteroatoms. The summed E-state index contributed by atoms with van der Waals surface area (Å²) in [5, 5.41) is 4.47. The summed E-state index contributed by atoms with van der Waals surface area (Å²) in [4.78, 5) is 45.2. The molecular formula is C17H13KN2O4S. The van der Waals surface area contributed by atoms with E-state index in [2.05, 4.69) is 10.6 Å². The van der Waals surface area contributed by atoms with Crippen LogP contribution in [0.2, 0.25) is 0 Å². The molecule has 0 saturated heterocycles. The van der Waals surface area contributed by atoms with E-state index in [0.29, 0.717) is 22.3 Å². The maximum atomic E-state index is 11.3. The fourth-order valence-corrected chi connectivity index (χ4v) is 3.10. The number of hydrogen-bond donors (Lipinski definition) is 2. The van der Waals surface area contributed by atoms with E-state index in [4.69, 9.17) is 0 Å². The number of nitrogens with one attached hydrogen (secondary N) is 2. The molecule has 0 bridgehead atoms. The number of rotatable bonds is 1. The van der Waals surface area contributed by atoms with Crippen molar-refractivity contribution in [1.82, 2.24) is 10.6 Å². The Labute approximate surface area is 190 Å². The summed E-state index contributed by atoms with van der Waals surface area (Å²) in [5.74, 6) is -1.18. The molecule has 0 radical (unpaired) electrons. The minimum atomic E-state index is -0.300. The molecule has 0 aromatic heterocycles. The van der Waals surface area contributed by atoms with E-state index in [1.54, 1.807) is 36.4 Å². The summed E-state index contributed by atoms with van der Waals surface area (Å²) in [6.07, 6.45) is 1.88. The van der Waals surface area contributed by atoms with Gasteiger partial charge in [-0.05, 0) is 30.5 Å². The van der Waals surface area contributed by atoms with Gasteiger partial charge in [-0.25, -0.2) is 0 Å². The predicted octanol–water partition coefficient (Wildman–Crippen LogP) is 1.21.